The van der Waals surface area contributed by atoms with Crippen molar-refractivity contribution in [3.8, 4) is 0 Å². The molecule has 1 saturated heterocycles. The molecule has 0 radical (unpaired) electrons. The molecule has 2 heterocycles. The van der Waals surface area contributed by atoms with Crippen LogP contribution in [0.4, 0.5) is 5.00 Å². The van der Waals surface area contributed by atoms with Gasteiger partial charge in [-0.3, -0.25) is 19.8 Å². The van der Waals surface area contributed by atoms with Gasteiger partial charge in [-0.05, 0) is 6.07 Å². The lowest BCUT2D eigenvalue weighted by Gasteiger charge is -2.31. The highest BCUT2D eigenvalue weighted by Gasteiger charge is 2.31. The maximum Gasteiger partial charge on any atom is 0.326 e. The topological polar surface area (TPSA) is 92.9 Å². The van der Waals surface area contributed by atoms with Crippen LogP contribution >= 0.6 is 11.3 Å². The predicted octanol–water partition coefficient (Wildman–Crippen LogP) is 1.11. The number of morpholine rings is 1. The van der Waals surface area contributed by atoms with E-state index in [9.17, 15) is 20.0 Å². The molecule has 1 aromatic heterocycles. The summed E-state index contributed by atoms with van der Waals surface area (Å²) in [6.45, 7) is 2.00. The third kappa shape index (κ3) is 2.66. The van der Waals surface area contributed by atoms with Crippen LogP contribution in [0.5, 0.6) is 0 Å². The Bertz CT molecular complexity index is 455. The standard InChI is InChI=1S/C10H12N2O5S/c13-10(14)9(11-3-5-17-6-4-11)7-1-2-8(18-7)12(15)16/h1-2,9H,3-6H2,(H,13,14). The molecule has 0 amide bonds. The molecule has 2 rings (SSSR count). The number of hydrogen-bond acceptors (Lipinski definition) is 6. The van der Waals surface area contributed by atoms with Crippen molar-refractivity contribution in [3.63, 3.8) is 0 Å². The molecule has 1 unspecified atom stereocenters. The fourth-order valence-electron chi connectivity index (χ4n) is 1.88. The van der Waals surface area contributed by atoms with Gasteiger partial charge < -0.3 is 9.84 Å². The number of carboxylic acid groups (broad SMARTS) is 1. The van der Waals surface area contributed by atoms with Gasteiger partial charge in [0.2, 0.25) is 0 Å². The van der Waals surface area contributed by atoms with Crippen molar-refractivity contribution in [2.24, 2.45) is 0 Å². The number of carboxylic acids is 1. The van der Waals surface area contributed by atoms with Crippen LogP contribution in [0.3, 0.4) is 0 Å². The molecular formula is C10H12N2O5S. The molecule has 1 atom stereocenters. The van der Waals surface area contributed by atoms with Crippen molar-refractivity contribution in [2.75, 3.05) is 26.3 Å². The van der Waals surface area contributed by atoms with E-state index >= 15 is 0 Å². The van der Waals surface area contributed by atoms with E-state index in [1.807, 2.05) is 0 Å². The molecule has 1 fully saturated rings. The lowest BCUT2D eigenvalue weighted by molar-refractivity contribution is -0.380. The summed E-state index contributed by atoms with van der Waals surface area (Å²) in [5, 5.41) is 19.9. The van der Waals surface area contributed by atoms with E-state index < -0.39 is 16.9 Å². The number of nitrogens with zero attached hydrogens (tertiary/aromatic N) is 2. The van der Waals surface area contributed by atoms with E-state index in [0.717, 1.165) is 11.3 Å². The molecule has 0 aromatic carbocycles. The average Bonchev–Trinajstić information content (AvgIpc) is 2.79. The first kappa shape index (κ1) is 12.9. The monoisotopic (exact) mass is 272 g/mol. The second-order valence-corrected chi connectivity index (χ2v) is 4.92. The maximum absolute atomic E-state index is 11.3. The van der Waals surface area contributed by atoms with Crippen LogP contribution in [0, 0.1) is 10.1 Å². The first-order valence-corrected chi connectivity index (χ1v) is 6.20. The predicted molar refractivity (Wildman–Crippen MR) is 63.7 cm³/mol. The van der Waals surface area contributed by atoms with Crippen LogP contribution in [0.25, 0.3) is 0 Å². The first-order valence-electron chi connectivity index (χ1n) is 5.38. The number of carbonyl (C=O) groups is 1. The molecule has 1 aromatic rings. The highest BCUT2D eigenvalue weighted by Crippen LogP contribution is 2.32. The summed E-state index contributed by atoms with van der Waals surface area (Å²) >= 11 is 0.909. The van der Waals surface area contributed by atoms with Crippen LogP contribution in [0.15, 0.2) is 12.1 Å². The Balaban J connectivity index is 2.22. The molecule has 1 aliphatic heterocycles. The van der Waals surface area contributed by atoms with Crippen LogP contribution in [0.1, 0.15) is 10.9 Å². The molecule has 98 valence electrons. The Kier molecular flexibility index (Phi) is 3.90. The van der Waals surface area contributed by atoms with Gasteiger partial charge in [0, 0.05) is 24.0 Å². The van der Waals surface area contributed by atoms with E-state index in [2.05, 4.69) is 0 Å². The average molecular weight is 272 g/mol. The zero-order valence-corrected chi connectivity index (χ0v) is 10.3. The van der Waals surface area contributed by atoms with E-state index in [-0.39, 0.29) is 5.00 Å². The summed E-state index contributed by atoms with van der Waals surface area (Å²) < 4.78 is 5.17. The number of thiophene rings is 1. The van der Waals surface area contributed by atoms with Gasteiger partial charge >= 0.3 is 11.0 Å². The highest BCUT2D eigenvalue weighted by atomic mass is 32.1. The Morgan fingerprint density at radius 1 is 1.50 bits per heavy atom. The van der Waals surface area contributed by atoms with Gasteiger partial charge in [-0.15, -0.1) is 0 Å². The Labute approximate surface area is 107 Å². The molecular weight excluding hydrogens is 260 g/mol. The summed E-state index contributed by atoms with van der Waals surface area (Å²) in [5.74, 6) is -0.992. The SMILES string of the molecule is O=C(O)C(c1ccc([N+](=O)[O-])s1)N1CCOCC1. The van der Waals surface area contributed by atoms with Crippen molar-refractivity contribution < 1.29 is 19.6 Å². The van der Waals surface area contributed by atoms with E-state index in [0.29, 0.717) is 31.2 Å². The molecule has 0 bridgehead atoms. The molecule has 18 heavy (non-hydrogen) atoms. The Morgan fingerprint density at radius 3 is 2.67 bits per heavy atom. The van der Waals surface area contributed by atoms with Gasteiger partial charge in [0.15, 0.2) is 0 Å². The van der Waals surface area contributed by atoms with Gasteiger partial charge in [-0.1, -0.05) is 11.3 Å². The van der Waals surface area contributed by atoms with Crippen LogP contribution in [0.2, 0.25) is 0 Å². The molecule has 1 N–H and O–H groups in total. The van der Waals surface area contributed by atoms with Gasteiger partial charge in [0.25, 0.3) is 0 Å². The number of hydrogen-bond donors (Lipinski definition) is 1. The fraction of sp³-hybridized carbons (Fsp3) is 0.500. The minimum absolute atomic E-state index is 0.0375. The molecule has 8 heteroatoms. The van der Waals surface area contributed by atoms with Crippen LogP contribution in [-0.4, -0.2) is 47.2 Å². The van der Waals surface area contributed by atoms with Crippen LogP contribution < -0.4 is 0 Å². The molecule has 1 aliphatic rings. The zero-order valence-electron chi connectivity index (χ0n) is 9.44. The smallest absolute Gasteiger partial charge is 0.326 e. The molecule has 0 aliphatic carbocycles. The van der Waals surface area contributed by atoms with Gasteiger partial charge in [-0.25, -0.2) is 0 Å². The largest absolute Gasteiger partial charge is 0.480 e. The normalized spacial score (nSPS) is 18.4. The second-order valence-electron chi connectivity index (χ2n) is 3.82. The number of ether oxygens (including phenoxy) is 1. The minimum Gasteiger partial charge on any atom is -0.480 e. The van der Waals surface area contributed by atoms with Crippen molar-refractivity contribution >= 4 is 22.3 Å². The third-order valence-corrected chi connectivity index (χ3v) is 3.80. The van der Waals surface area contributed by atoms with Gasteiger partial charge in [0.1, 0.15) is 6.04 Å². The quantitative estimate of drug-likeness (QED) is 0.652. The summed E-state index contributed by atoms with van der Waals surface area (Å²) in [6.07, 6.45) is 0. The van der Waals surface area contributed by atoms with E-state index in [1.165, 1.54) is 12.1 Å². The summed E-state index contributed by atoms with van der Waals surface area (Å²) in [6, 6.07) is 2.03. The van der Waals surface area contributed by atoms with E-state index in [1.54, 1.807) is 4.90 Å². The fourth-order valence-corrected chi connectivity index (χ4v) is 2.83. The maximum atomic E-state index is 11.3. The van der Waals surface area contributed by atoms with Crippen LogP contribution in [-0.2, 0) is 9.53 Å². The number of aliphatic carboxylic acids is 1. The summed E-state index contributed by atoms with van der Waals surface area (Å²) in [4.78, 5) is 23.7. The van der Waals surface area contributed by atoms with E-state index in [4.69, 9.17) is 4.74 Å². The first-order chi connectivity index (χ1) is 8.59. The number of rotatable bonds is 4. The van der Waals surface area contributed by atoms with Gasteiger partial charge in [0.05, 0.1) is 18.1 Å². The minimum atomic E-state index is -0.992. The summed E-state index contributed by atoms with van der Waals surface area (Å²) in [5.41, 5.74) is 0. The Hall–Kier alpha value is -1.51. The highest BCUT2D eigenvalue weighted by molar-refractivity contribution is 7.15. The van der Waals surface area contributed by atoms with Crippen molar-refractivity contribution in [1.82, 2.24) is 4.90 Å². The third-order valence-electron chi connectivity index (χ3n) is 2.71. The van der Waals surface area contributed by atoms with Crippen molar-refractivity contribution in [1.29, 1.82) is 0 Å². The Morgan fingerprint density at radius 2 is 2.17 bits per heavy atom. The molecule has 7 nitrogen and oxygen atoms in total. The van der Waals surface area contributed by atoms with Crippen molar-refractivity contribution in [2.45, 2.75) is 6.04 Å². The zero-order chi connectivity index (χ0) is 13.1. The lowest BCUT2D eigenvalue weighted by Crippen LogP contribution is -2.41. The molecule has 0 spiro atoms. The number of nitro groups is 1. The molecule has 0 saturated carbocycles. The summed E-state index contributed by atoms with van der Waals surface area (Å²) in [7, 11) is 0. The second kappa shape index (κ2) is 5.42. The lowest BCUT2D eigenvalue weighted by atomic mass is 10.2. The van der Waals surface area contributed by atoms with Gasteiger partial charge in [-0.2, -0.15) is 0 Å². The van der Waals surface area contributed by atoms with Crippen molar-refractivity contribution in [3.05, 3.63) is 27.1 Å².